The zero-order valence-corrected chi connectivity index (χ0v) is 16.4. The van der Waals surface area contributed by atoms with E-state index < -0.39 is 0 Å². The Kier molecular flexibility index (Phi) is 6.80. The van der Waals surface area contributed by atoms with Gasteiger partial charge in [0.05, 0.1) is 12.2 Å². The second kappa shape index (κ2) is 8.85. The number of aromatic nitrogens is 1. The summed E-state index contributed by atoms with van der Waals surface area (Å²) in [6, 6.07) is 9.85. The maximum absolute atomic E-state index is 12.2. The van der Waals surface area contributed by atoms with Crippen LogP contribution >= 0.6 is 0 Å². The van der Waals surface area contributed by atoms with Crippen molar-refractivity contribution in [2.75, 3.05) is 30.3 Å². The highest BCUT2D eigenvalue weighted by Crippen LogP contribution is 2.23. The number of benzene rings is 1. The van der Waals surface area contributed by atoms with Crippen LogP contribution in [0.15, 0.2) is 34.9 Å². The number of carbonyl (C=O) groups excluding carboxylic acids is 1. The van der Waals surface area contributed by atoms with Crippen molar-refractivity contribution in [3.05, 3.63) is 41.6 Å². The highest BCUT2D eigenvalue weighted by atomic mass is 16.5. The molecule has 0 bridgehead atoms. The molecule has 0 saturated heterocycles. The molecule has 26 heavy (non-hydrogen) atoms. The van der Waals surface area contributed by atoms with Gasteiger partial charge in [0.25, 0.3) is 0 Å². The highest BCUT2D eigenvalue weighted by Gasteiger charge is 2.19. The molecule has 6 heteroatoms. The molecule has 0 atom stereocenters. The Hall–Kier alpha value is -2.34. The third kappa shape index (κ3) is 5.59. The van der Waals surface area contributed by atoms with Gasteiger partial charge in [0.2, 0.25) is 11.8 Å². The lowest BCUT2D eigenvalue weighted by atomic mass is 9.92. The number of carbonyl (C=O) groups is 1. The van der Waals surface area contributed by atoms with Gasteiger partial charge in [-0.25, -0.2) is 0 Å². The van der Waals surface area contributed by atoms with Crippen LogP contribution < -0.4 is 10.6 Å². The first-order valence-electron chi connectivity index (χ1n) is 9.14. The summed E-state index contributed by atoms with van der Waals surface area (Å²) in [5.41, 5.74) is 2.85. The van der Waals surface area contributed by atoms with Gasteiger partial charge in [-0.2, -0.15) is 0 Å². The molecule has 0 saturated carbocycles. The number of nitrogens with zero attached hydrogens (tertiary/aromatic N) is 2. The fourth-order valence-electron chi connectivity index (χ4n) is 2.56. The average molecular weight is 358 g/mol. The van der Waals surface area contributed by atoms with Gasteiger partial charge < -0.3 is 9.84 Å². The van der Waals surface area contributed by atoms with E-state index >= 15 is 0 Å². The summed E-state index contributed by atoms with van der Waals surface area (Å²) >= 11 is 0. The molecule has 2 N–H and O–H groups in total. The number of hydrogen-bond donors (Lipinski definition) is 2. The van der Waals surface area contributed by atoms with Crippen molar-refractivity contribution in [3.63, 3.8) is 0 Å². The summed E-state index contributed by atoms with van der Waals surface area (Å²) in [4.78, 5) is 14.6. The van der Waals surface area contributed by atoms with E-state index in [9.17, 15) is 4.79 Å². The fourth-order valence-corrected chi connectivity index (χ4v) is 2.56. The van der Waals surface area contributed by atoms with Gasteiger partial charge in [0, 0.05) is 23.7 Å². The van der Waals surface area contributed by atoms with Gasteiger partial charge in [-0.05, 0) is 24.7 Å². The van der Waals surface area contributed by atoms with Crippen molar-refractivity contribution in [1.82, 2.24) is 10.1 Å². The van der Waals surface area contributed by atoms with Crippen molar-refractivity contribution in [2.45, 2.75) is 46.6 Å². The van der Waals surface area contributed by atoms with Crippen molar-refractivity contribution < 1.29 is 9.32 Å². The molecule has 0 aliphatic heterocycles. The number of amides is 1. The predicted octanol–water partition coefficient (Wildman–Crippen LogP) is 3.86. The molecular formula is C20H30N4O2. The molecule has 1 aromatic heterocycles. The maximum atomic E-state index is 12.2. The van der Waals surface area contributed by atoms with E-state index in [1.165, 1.54) is 5.56 Å². The summed E-state index contributed by atoms with van der Waals surface area (Å²) in [6.07, 6.45) is 0. The van der Waals surface area contributed by atoms with Gasteiger partial charge in [0.15, 0.2) is 0 Å². The molecule has 0 spiro atoms. The Morgan fingerprint density at radius 1 is 1.19 bits per heavy atom. The van der Waals surface area contributed by atoms with E-state index in [1.54, 1.807) is 6.07 Å². The van der Waals surface area contributed by atoms with Crippen LogP contribution in [0.25, 0.3) is 0 Å². The minimum absolute atomic E-state index is 0.117. The topological polar surface area (TPSA) is 70.4 Å². The van der Waals surface area contributed by atoms with E-state index in [-0.39, 0.29) is 17.9 Å². The molecule has 142 valence electrons. The second-order valence-electron chi connectivity index (χ2n) is 7.35. The SMILES string of the molecule is CCN(CC)Cc1ccccc1NCC(=O)Nc1cc(C(C)(C)C)no1. The predicted molar refractivity (Wildman–Crippen MR) is 105 cm³/mol. The van der Waals surface area contributed by atoms with Gasteiger partial charge in [-0.15, -0.1) is 0 Å². The molecule has 2 rings (SSSR count). The fraction of sp³-hybridized carbons (Fsp3) is 0.500. The van der Waals surface area contributed by atoms with E-state index in [2.05, 4.69) is 40.6 Å². The van der Waals surface area contributed by atoms with Gasteiger partial charge in [-0.3, -0.25) is 15.0 Å². The van der Waals surface area contributed by atoms with Crippen molar-refractivity contribution in [2.24, 2.45) is 0 Å². The second-order valence-corrected chi connectivity index (χ2v) is 7.35. The molecule has 0 radical (unpaired) electrons. The first-order valence-corrected chi connectivity index (χ1v) is 9.14. The van der Waals surface area contributed by atoms with E-state index in [4.69, 9.17) is 4.52 Å². The van der Waals surface area contributed by atoms with E-state index in [0.29, 0.717) is 5.88 Å². The van der Waals surface area contributed by atoms with Crippen LogP contribution in [-0.4, -0.2) is 35.6 Å². The summed E-state index contributed by atoms with van der Waals surface area (Å²) in [7, 11) is 0. The third-order valence-corrected chi connectivity index (χ3v) is 4.29. The zero-order chi connectivity index (χ0) is 19.2. The van der Waals surface area contributed by atoms with Crippen LogP contribution in [-0.2, 0) is 16.8 Å². The molecule has 0 unspecified atom stereocenters. The lowest BCUT2D eigenvalue weighted by Crippen LogP contribution is -2.24. The molecule has 0 aliphatic rings. The van der Waals surface area contributed by atoms with Crippen molar-refractivity contribution in [1.29, 1.82) is 0 Å². The monoisotopic (exact) mass is 358 g/mol. The summed E-state index contributed by atoms with van der Waals surface area (Å²) < 4.78 is 5.20. The van der Waals surface area contributed by atoms with Crippen molar-refractivity contribution in [3.8, 4) is 0 Å². The van der Waals surface area contributed by atoms with Gasteiger partial charge >= 0.3 is 0 Å². The lowest BCUT2D eigenvalue weighted by Gasteiger charge is -2.20. The number of para-hydroxylation sites is 1. The number of rotatable bonds is 8. The third-order valence-electron chi connectivity index (χ3n) is 4.29. The van der Waals surface area contributed by atoms with Gasteiger partial charge in [-0.1, -0.05) is 58.0 Å². The Bertz CT molecular complexity index is 715. The molecular weight excluding hydrogens is 328 g/mol. The normalized spacial score (nSPS) is 11.6. The summed E-state index contributed by atoms with van der Waals surface area (Å²) in [5, 5.41) is 9.98. The van der Waals surface area contributed by atoms with Crippen LogP contribution in [0.2, 0.25) is 0 Å². The van der Waals surface area contributed by atoms with E-state index in [1.807, 2.05) is 39.0 Å². The van der Waals surface area contributed by atoms with Crippen molar-refractivity contribution >= 4 is 17.5 Å². The van der Waals surface area contributed by atoms with Crippen LogP contribution in [0.1, 0.15) is 45.9 Å². The van der Waals surface area contributed by atoms with E-state index in [0.717, 1.165) is 31.0 Å². The largest absolute Gasteiger partial charge is 0.376 e. The Morgan fingerprint density at radius 2 is 1.88 bits per heavy atom. The first kappa shape index (κ1) is 20.0. The smallest absolute Gasteiger partial charge is 0.246 e. The molecule has 2 aromatic rings. The summed E-state index contributed by atoms with van der Waals surface area (Å²) in [5.74, 6) is 0.206. The highest BCUT2D eigenvalue weighted by molar-refractivity contribution is 5.92. The van der Waals surface area contributed by atoms with Crippen LogP contribution in [0.4, 0.5) is 11.6 Å². The zero-order valence-electron chi connectivity index (χ0n) is 16.4. The van der Waals surface area contributed by atoms with Crippen LogP contribution in [0.3, 0.4) is 0 Å². The van der Waals surface area contributed by atoms with Gasteiger partial charge in [0.1, 0.15) is 0 Å². The molecule has 0 fully saturated rings. The van der Waals surface area contributed by atoms with Crippen LogP contribution in [0, 0.1) is 0 Å². The number of nitrogens with one attached hydrogen (secondary N) is 2. The van der Waals surface area contributed by atoms with Crippen LogP contribution in [0.5, 0.6) is 0 Å². The maximum Gasteiger partial charge on any atom is 0.246 e. The first-order chi connectivity index (χ1) is 12.3. The minimum Gasteiger partial charge on any atom is -0.376 e. The standard InChI is InChI=1S/C20H30N4O2/c1-6-24(7-2)14-15-10-8-9-11-16(15)21-13-18(25)22-19-12-17(23-26-19)20(3,4)5/h8-12,21H,6-7,13-14H2,1-5H3,(H,22,25). The molecule has 1 amide bonds. The Morgan fingerprint density at radius 3 is 2.50 bits per heavy atom. The quantitative estimate of drug-likeness (QED) is 0.750. The molecule has 0 aliphatic carbocycles. The Labute approximate surface area is 155 Å². The minimum atomic E-state index is -0.167. The number of anilines is 2. The molecule has 1 heterocycles. The summed E-state index contributed by atoms with van der Waals surface area (Å²) in [6.45, 7) is 13.4. The lowest BCUT2D eigenvalue weighted by molar-refractivity contribution is -0.114. The Balaban J connectivity index is 1.94. The molecule has 6 nitrogen and oxygen atoms in total. The average Bonchev–Trinajstić information content (AvgIpc) is 3.07. The molecule has 1 aromatic carbocycles. The number of hydrogen-bond acceptors (Lipinski definition) is 5.